The molecule has 0 fully saturated rings. The second kappa shape index (κ2) is 4.71. The van der Waals surface area contributed by atoms with Crippen LogP contribution in [0, 0.1) is 6.92 Å². The molecule has 2 nitrogen and oxygen atoms in total. The van der Waals surface area contributed by atoms with Crippen LogP contribution in [-0.4, -0.2) is 23.6 Å². The van der Waals surface area contributed by atoms with Gasteiger partial charge in [-0.15, -0.1) is 0 Å². The number of aryl methyl sites for hydroxylation is 1. The van der Waals surface area contributed by atoms with Gasteiger partial charge in [0.05, 0.1) is 0 Å². The van der Waals surface area contributed by atoms with Crippen molar-refractivity contribution in [1.29, 1.82) is 0 Å². The molecule has 2 aromatic carbocycles. The van der Waals surface area contributed by atoms with E-state index in [0.717, 1.165) is 13.1 Å². The van der Waals surface area contributed by atoms with Crippen LogP contribution in [0.5, 0.6) is 5.75 Å². The molecule has 2 aromatic rings. The van der Waals surface area contributed by atoms with Crippen LogP contribution < -0.4 is 0 Å². The first-order valence-corrected chi connectivity index (χ1v) is 6.70. The number of phenolic OH excluding ortho intramolecular Hbond substituents is 1. The van der Waals surface area contributed by atoms with Crippen LogP contribution in [0.1, 0.15) is 28.2 Å². The summed E-state index contributed by atoms with van der Waals surface area (Å²) in [6.45, 7) is 4.07. The molecular formula is C17H19NO. The lowest BCUT2D eigenvalue weighted by Gasteiger charge is -2.32. The average Bonchev–Trinajstić information content (AvgIpc) is 2.37. The fourth-order valence-electron chi connectivity index (χ4n) is 3.01. The maximum Gasteiger partial charge on any atom is 0.115 e. The number of hydrogen-bond acceptors (Lipinski definition) is 2. The normalized spacial score (nSPS) is 19.2. The maximum atomic E-state index is 9.66. The molecule has 0 aliphatic carbocycles. The number of aromatic hydroxyl groups is 1. The first kappa shape index (κ1) is 12.2. The van der Waals surface area contributed by atoms with Crippen molar-refractivity contribution in [2.24, 2.45) is 0 Å². The molecule has 19 heavy (non-hydrogen) atoms. The third-order valence-electron chi connectivity index (χ3n) is 3.88. The van der Waals surface area contributed by atoms with Crippen molar-refractivity contribution in [3.8, 4) is 5.75 Å². The van der Waals surface area contributed by atoms with Crippen molar-refractivity contribution in [3.05, 3.63) is 64.7 Å². The highest BCUT2D eigenvalue weighted by Crippen LogP contribution is 2.34. The molecule has 1 heterocycles. The predicted molar refractivity (Wildman–Crippen MR) is 77.5 cm³/mol. The molecule has 0 bridgehead atoms. The lowest BCUT2D eigenvalue weighted by atomic mass is 9.84. The van der Waals surface area contributed by atoms with Gasteiger partial charge in [0.1, 0.15) is 5.75 Å². The second-order valence-electron chi connectivity index (χ2n) is 5.55. The van der Waals surface area contributed by atoms with Gasteiger partial charge in [-0.25, -0.2) is 0 Å². The fourth-order valence-corrected chi connectivity index (χ4v) is 3.01. The van der Waals surface area contributed by atoms with Crippen molar-refractivity contribution in [2.75, 3.05) is 13.6 Å². The minimum Gasteiger partial charge on any atom is -0.508 e. The van der Waals surface area contributed by atoms with Crippen LogP contribution in [0.4, 0.5) is 0 Å². The topological polar surface area (TPSA) is 23.5 Å². The van der Waals surface area contributed by atoms with E-state index in [2.05, 4.69) is 49.2 Å². The summed E-state index contributed by atoms with van der Waals surface area (Å²) in [7, 11) is 2.13. The molecule has 1 unspecified atom stereocenters. The minimum absolute atomic E-state index is 0.358. The monoisotopic (exact) mass is 253 g/mol. The van der Waals surface area contributed by atoms with Crippen LogP contribution in [0.25, 0.3) is 0 Å². The zero-order valence-corrected chi connectivity index (χ0v) is 11.4. The summed E-state index contributed by atoms with van der Waals surface area (Å²) in [4.78, 5) is 2.31. The van der Waals surface area contributed by atoms with E-state index in [1.165, 1.54) is 22.3 Å². The molecule has 0 saturated heterocycles. The number of fused-ring (bicyclic) bond motifs is 1. The van der Waals surface area contributed by atoms with Gasteiger partial charge in [0, 0.05) is 19.0 Å². The summed E-state index contributed by atoms with van der Waals surface area (Å²) in [6, 6.07) is 14.5. The van der Waals surface area contributed by atoms with Gasteiger partial charge in [-0.05, 0) is 42.8 Å². The van der Waals surface area contributed by atoms with Crippen LogP contribution in [0.15, 0.2) is 42.5 Å². The summed E-state index contributed by atoms with van der Waals surface area (Å²) < 4.78 is 0. The zero-order valence-electron chi connectivity index (χ0n) is 11.4. The third kappa shape index (κ3) is 2.36. The van der Waals surface area contributed by atoms with Crippen LogP contribution in [0.2, 0.25) is 0 Å². The average molecular weight is 253 g/mol. The lowest BCUT2D eigenvalue weighted by molar-refractivity contribution is 0.294. The number of likely N-dealkylation sites (N-methyl/N-ethyl adjacent to an activating group) is 1. The molecule has 0 radical (unpaired) electrons. The lowest BCUT2D eigenvalue weighted by Crippen LogP contribution is -2.30. The first-order valence-electron chi connectivity index (χ1n) is 6.70. The second-order valence-corrected chi connectivity index (χ2v) is 5.55. The van der Waals surface area contributed by atoms with Crippen LogP contribution >= 0.6 is 0 Å². The zero-order chi connectivity index (χ0) is 13.4. The Morgan fingerprint density at radius 3 is 2.79 bits per heavy atom. The van der Waals surface area contributed by atoms with E-state index >= 15 is 0 Å². The van der Waals surface area contributed by atoms with Gasteiger partial charge in [-0.1, -0.05) is 35.9 Å². The number of nitrogens with zero attached hydrogens (tertiary/aromatic N) is 1. The number of hydrogen-bond donors (Lipinski definition) is 1. The van der Waals surface area contributed by atoms with E-state index in [4.69, 9.17) is 0 Å². The van der Waals surface area contributed by atoms with Crippen LogP contribution in [-0.2, 0) is 6.54 Å². The Labute approximate surface area is 114 Å². The molecule has 3 rings (SSSR count). The van der Waals surface area contributed by atoms with Gasteiger partial charge < -0.3 is 10.0 Å². The first-order chi connectivity index (χ1) is 9.13. The van der Waals surface area contributed by atoms with Crippen molar-refractivity contribution < 1.29 is 5.11 Å². The van der Waals surface area contributed by atoms with E-state index in [1.54, 1.807) is 6.07 Å². The molecule has 0 amide bonds. The minimum atomic E-state index is 0.358. The molecule has 2 heteroatoms. The van der Waals surface area contributed by atoms with E-state index in [0.29, 0.717) is 11.7 Å². The SMILES string of the molecule is Cc1cccc(C2CN(C)Cc3cc(O)ccc32)c1. The van der Waals surface area contributed by atoms with Crippen molar-refractivity contribution in [2.45, 2.75) is 19.4 Å². The summed E-state index contributed by atoms with van der Waals surface area (Å²) in [6.07, 6.45) is 0. The smallest absolute Gasteiger partial charge is 0.115 e. The highest BCUT2D eigenvalue weighted by Gasteiger charge is 2.24. The largest absolute Gasteiger partial charge is 0.508 e. The Kier molecular flexibility index (Phi) is 3.03. The Morgan fingerprint density at radius 1 is 1.16 bits per heavy atom. The summed E-state index contributed by atoms with van der Waals surface area (Å²) in [5.41, 5.74) is 5.24. The summed E-state index contributed by atoms with van der Waals surface area (Å²) in [5.74, 6) is 0.756. The van der Waals surface area contributed by atoms with Gasteiger partial charge in [-0.3, -0.25) is 0 Å². The molecule has 0 saturated carbocycles. The number of rotatable bonds is 1. The van der Waals surface area contributed by atoms with Gasteiger partial charge in [0.15, 0.2) is 0 Å². The van der Waals surface area contributed by atoms with Gasteiger partial charge in [0.25, 0.3) is 0 Å². The molecule has 1 aliphatic heterocycles. The van der Waals surface area contributed by atoms with Crippen LogP contribution in [0.3, 0.4) is 0 Å². The third-order valence-corrected chi connectivity index (χ3v) is 3.88. The van der Waals surface area contributed by atoms with Gasteiger partial charge >= 0.3 is 0 Å². The quantitative estimate of drug-likeness (QED) is 0.843. The summed E-state index contributed by atoms with van der Waals surface area (Å²) in [5, 5.41) is 9.66. The van der Waals surface area contributed by atoms with Crippen molar-refractivity contribution in [1.82, 2.24) is 4.90 Å². The molecule has 98 valence electrons. The molecule has 1 N–H and O–H groups in total. The van der Waals surface area contributed by atoms with E-state index < -0.39 is 0 Å². The Bertz CT molecular complexity index is 606. The molecular weight excluding hydrogens is 234 g/mol. The maximum absolute atomic E-state index is 9.66. The molecule has 0 spiro atoms. The highest BCUT2D eigenvalue weighted by molar-refractivity contribution is 5.44. The van der Waals surface area contributed by atoms with E-state index in [1.807, 2.05) is 6.07 Å². The van der Waals surface area contributed by atoms with Gasteiger partial charge in [-0.2, -0.15) is 0 Å². The standard InChI is InChI=1S/C17H19NO/c1-12-4-3-5-13(8-12)17-11-18(2)10-14-9-15(19)6-7-16(14)17/h3-9,17,19H,10-11H2,1-2H3. The predicted octanol–water partition coefficient (Wildman–Crippen LogP) is 3.28. The van der Waals surface area contributed by atoms with E-state index in [9.17, 15) is 5.11 Å². The van der Waals surface area contributed by atoms with Gasteiger partial charge in [0.2, 0.25) is 0 Å². The number of phenols is 1. The Morgan fingerprint density at radius 2 is 2.00 bits per heavy atom. The van der Waals surface area contributed by atoms with Crippen molar-refractivity contribution >= 4 is 0 Å². The number of benzene rings is 2. The molecule has 0 aromatic heterocycles. The Hall–Kier alpha value is -1.80. The highest BCUT2D eigenvalue weighted by atomic mass is 16.3. The molecule has 1 atom stereocenters. The Balaban J connectivity index is 2.08. The molecule has 1 aliphatic rings. The fraction of sp³-hybridized carbons (Fsp3) is 0.294. The summed E-state index contributed by atoms with van der Waals surface area (Å²) >= 11 is 0. The van der Waals surface area contributed by atoms with Crippen molar-refractivity contribution in [3.63, 3.8) is 0 Å². The van der Waals surface area contributed by atoms with E-state index in [-0.39, 0.29) is 0 Å².